The summed E-state index contributed by atoms with van der Waals surface area (Å²) in [7, 11) is 1.39. The van der Waals surface area contributed by atoms with Gasteiger partial charge in [-0.15, -0.1) is 0 Å². The van der Waals surface area contributed by atoms with Crippen molar-refractivity contribution in [3.8, 4) is 5.75 Å². The minimum atomic E-state index is -4.37. The maximum atomic E-state index is 13.1. The van der Waals surface area contributed by atoms with E-state index in [2.05, 4.69) is 10.6 Å². The van der Waals surface area contributed by atoms with Gasteiger partial charge in [-0.25, -0.2) is 0 Å². The Morgan fingerprint density at radius 2 is 2.11 bits per heavy atom. The number of fused-ring (bicyclic) bond motifs is 3. The number of benzene rings is 1. The highest BCUT2D eigenvalue weighted by Gasteiger charge is 2.42. The molecule has 19 heavy (non-hydrogen) atoms. The van der Waals surface area contributed by atoms with E-state index in [1.807, 2.05) is 0 Å². The zero-order valence-corrected chi connectivity index (χ0v) is 10.5. The first-order chi connectivity index (χ1) is 9.00. The zero-order valence-electron chi connectivity index (χ0n) is 10.5. The number of ether oxygens (including phenoxy) is 1. The quantitative estimate of drug-likeness (QED) is 0.824. The Bertz CT molecular complexity index is 501. The Morgan fingerprint density at radius 3 is 2.79 bits per heavy atom. The second-order valence-electron chi connectivity index (χ2n) is 4.99. The number of nitrogens with one attached hydrogen (secondary N) is 2. The van der Waals surface area contributed by atoms with Crippen LogP contribution in [0, 0.1) is 0 Å². The summed E-state index contributed by atoms with van der Waals surface area (Å²) in [6, 6.07) is 2.87. The van der Waals surface area contributed by atoms with E-state index >= 15 is 0 Å². The molecule has 1 aromatic rings. The van der Waals surface area contributed by atoms with E-state index in [0.717, 1.165) is 19.0 Å². The number of hydrogen-bond acceptors (Lipinski definition) is 3. The third kappa shape index (κ3) is 2.04. The van der Waals surface area contributed by atoms with Gasteiger partial charge in [-0.1, -0.05) is 0 Å². The maximum Gasteiger partial charge on any atom is 0.418 e. The maximum absolute atomic E-state index is 13.1. The molecule has 3 rings (SSSR count). The van der Waals surface area contributed by atoms with Gasteiger partial charge in [0.2, 0.25) is 0 Å². The van der Waals surface area contributed by atoms with Crippen molar-refractivity contribution in [3.63, 3.8) is 0 Å². The van der Waals surface area contributed by atoms with Gasteiger partial charge in [-0.3, -0.25) is 0 Å². The van der Waals surface area contributed by atoms with Gasteiger partial charge in [-0.05, 0) is 30.7 Å². The van der Waals surface area contributed by atoms with Crippen LogP contribution >= 0.6 is 0 Å². The van der Waals surface area contributed by atoms with Gasteiger partial charge in [0, 0.05) is 18.5 Å². The summed E-state index contributed by atoms with van der Waals surface area (Å²) in [6.07, 6.45) is -3.54. The van der Waals surface area contributed by atoms with Crippen molar-refractivity contribution in [3.05, 3.63) is 23.3 Å². The number of hydrogen-bond donors (Lipinski definition) is 2. The minimum Gasteiger partial charge on any atom is -0.497 e. The molecule has 6 heteroatoms. The second kappa shape index (κ2) is 4.30. The fourth-order valence-corrected chi connectivity index (χ4v) is 2.98. The molecular formula is C13H15F3N2O. The van der Waals surface area contributed by atoms with E-state index in [1.165, 1.54) is 7.11 Å². The fraction of sp³-hybridized carbons (Fsp3) is 0.538. The topological polar surface area (TPSA) is 33.3 Å². The highest BCUT2D eigenvalue weighted by Crippen LogP contribution is 2.47. The second-order valence-corrected chi connectivity index (χ2v) is 4.99. The Balaban J connectivity index is 2.12. The third-order valence-corrected chi connectivity index (χ3v) is 3.89. The van der Waals surface area contributed by atoms with Gasteiger partial charge in [0.25, 0.3) is 0 Å². The van der Waals surface area contributed by atoms with Crippen molar-refractivity contribution in [1.29, 1.82) is 0 Å². The van der Waals surface area contributed by atoms with Gasteiger partial charge < -0.3 is 15.4 Å². The molecule has 0 unspecified atom stereocenters. The van der Waals surface area contributed by atoms with E-state index in [1.54, 1.807) is 6.07 Å². The van der Waals surface area contributed by atoms with Crippen molar-refractivity contribution < 1.29 is 17.9 Å². The fourth-order valence-electron chi connectivity index (χ4n) is 2.98. The molecule has 0 amide bonds. The van der Waals surface area contributed by atoms with Crippen molar-refractivity contribution in [2.75, 3.05) is 25.5 Å². The van der Waals surface area contributed by atoms with Crippen LogP contribution in [0.25, 0.3) is 0 Å². The van der Waals surface area contributed by atoms with Crippen LogP contribution in [0.2, 0.25) is 0 Å². The van der Waals surface area contributed by atoms with Gasteiger partial charge in [0.1, 0.15) is 5.75 Å². The summed E-state index contributed by atoms with van der Waals surface area (Å²) >= 11 is 0. The first-order valence-electron chi connectivity index (χ1n) is 6.27. The minimum absolute atomic E-state index is 0.0833. The summed E-state index contributed by atoms with van der Waals surface area (Å²) in [4.78, 5) is 0. The predicted octanol–water partition coefficient (Wildman–Crippen LogP) is 2.58. The Hall–Kier alpha value is -1.43. The van der Waals surface area contributed by atoms with Crippen LogP contribution in [0.15, 0.2) is 12.1 Å². The van der Waals surface area contributed by atoms with Crippen LogP contribution in [-0.2, 0) is 6.18 Å². The van der Waals surface area contributed by atoms with Gasteiger partial charge in [0.15, 0.2) is 0 Å². The smallest absolute Gasteiger partial charge is 0.418 e. The largest absolute Gasteiger partial charge is 0.497 e. The highest BCUT2D eigenvalue weighted by atomic mass is 19.4. The Morgan fingerprint density at radius 1 is 1.32 bits per heavy atom. The molecule has 2 N–H and O–H groups in total. The lowest BCUT2D eigenvalue weighted by Gasteiger charge is -2.26. The van der Waals surface area contributed by atoms with Crippen LogP contribution in [0.4, 0.5) is 18.9 Å². The van der Waals surface area contributed by atoms with E-state index < -0.39 is 11.7 Å². The SMILES string of the molecule is COc1cc2c(c(C(F)(F)F)c1)N[C@H]1CCNC[C@@H]21. The van der Waals surface area contributed by atoms with E-state index in [0.29, 0.717) is 12.1 Å². The van der Waals surface area contributed by atoms with Crippen LogP contribution in [0.3, 0.4) is 0 Å². The molecule has 0 saturated carbocycles. The molecule has 2 atom stereocenters. The lowest BCUT2D eigenvalue weighted by molar-refractivity contribution is -0.137. The van der Waals surface area contributed by atoms with E-state index in [-0.39, 0.29) is 23.4 Å². The number of methoxy groups -OCH3 is 1. The molecule has 0 aliphatic carbocycles. The summed E-state index contributed by atoms with van der Waals surface area (Å²) in [6.45, 7) is 1.54. The molecule has 3 nitrogen and oxygen atoms in total. The molecule has 1 saturated heterocycles. The average Bonchev–Trinajstić information content (AvgIpc) is 2.74. The van der Waals surface area contributed by atoms with E-state index in [9.17, 15) is 13.2 Å². The molecule has 0 bridgehead atoms. The van der Waals surface area contributed by atoms with Crippen LogP contribution in [-0.4, -0.2) is 26.2 Å². The number of alkyl halides is 3. The molecule has 2 aliphatic rings. The third-order valence-electron chi connectivity index (χ3n) is 3.89. The molecule has 2 heterocycles. The molecule has 0 spiro atoms. The highest BCUT2D eigenvalue weighted by molar-refractivity contribution is 5.68. The van der Waals surface area contributed by atoms with Gasteiger partial charge in [-0.2, -0.15) is 13.2 Å². The Labute approximate surface area is 109 Å². The van der Waals surface area contributed by atoms with Crippen molar-refractivity contribution in [1.82, 2.24) is 5.32 Å². The monoisotopic (exact) mass is 272 g/mol. The lowest BCUT2D eigenvalue weighted by Crippen LogP contribution is -2.38. The van der Waals surface area contributed by atoms with Crippen LogP contribution in [0.1, 0.15) is 23.5 Å². The molecule has 104 valence electrons. The van der Waals surface area contributed by atoms with Gasteiger partial charge >= 0.3 is 6.18 Å². The number of piperidine rings is 1. The predicted molar refractivity (Wildman–Crippen MR) is 65.6 cm³/mol. The van der Waals surface area contributed by atoms with Crippen LogP contribution in [0.5, 0.6) is 5.75 Å². The average molecular weight is 272 g/mol. The molecule has 0 aromatic heterocycles. The number of anilines is 1. The summed E-state index contributed by atoms with van der Waals surface area (Å²) in [5.41, 5.74) is 0.312. The zero-order chi connectivity index (χ0) is 13.6. The van der Waals surface area contributed by atoms with E-state index in [4.69, 9.17) is 4.74 Å². The van der Waals surface area contributed by atoms with Crippen molar-refractivity contribution in [2.45, 2.75) is 24.6 Å². The van der Waals surface area contributed by atoms with Crippen LogP contribution < -0.4 is 15.4 Å². The number of halogens is 3. The molecule has 1 fully saturated rings. The lowest BCUT2D eigenvalue weighted by atomic mass is 9.89. The number of rotatable bonds is 1. The standard InChI is InChI=1S/C13H15F3N2O/c1-19-7-4-8-9-6-17-3-2-11(9)18-12(8)10(5-7)13(14,15)16/h4-5,9,11,17-18H,2-3,6H2,1H3/t9-,11-/m0/s1. The first-order valence-corrected chi connectivity index (χ1v) is 6.27. The summed E-state index contributed by atoms with van der Waals surface area (Å²) < 4.78 is 44.4. The normalized spacial score (nSPS) is 25.5. The molecule has 1 aromatic carbocycles. The summed E-state index contributed by atoms with van der Waals surface area (Å²) in [5, 5.41) is 6.28. The first kappa shape index (κ1) is 12.6. The van der Waals surface area contributed by atoms with Gasteiger partial charge in [0.05, 0.1) is 18.4 Å². The molecule has 2 aliphatic heterocycles. The molecular weight excluding hydrogens is 257 g/mol. The molecule has 0 radical (unpaired) electrons. The summed E-state index contributed by atoms with van der Waals surface area (Å²) in [5.74, 6) is 0.346. The van der Waals surface area contributed by atoms with Crippen molar-refractivity contribution >= 4 is 5.69 Å². The van der Waals surface area contributed by atoms with Crippen molar-refractivity contribution in [2.24, 2.45) is 0 Å². The Kier molecular flexibility index (Phi) is 2.85.